The smallest absolute Gasteiger partial charge is 0.387 e. The number of fused-ring (bicyclic) bond motifs is 1. The van der Waals surface area contributed by atoms with Crippen LogP contribution in [0.5, 0.6) is 5.75 Å². The molecule has 3 rings (SSSR count). The molecule has 0 saturated heterocycles. The Morgan fingerprint density at radius 1 is 1.26 bits per heavy atom. The van der Waals surface area contributed by atoms with Crippen LogP contribution in [-0.4, -0.2) is 56.7 Å². The number of rotatable bonds is 8. The van der Waals surface area contributed by atoms with Gasteiger partial charge in [-0.25, -0.2) is 8.42 Å². The van der Waals surface area contributed by atoms with Crippen LogP contribution in [0.25, 0.3) is 10.9 Å². The van der Waals surface area contributed by atoms with Crippen molar-refractivity contribution in [2.75, 3.05) is 18.6 Å². The van der Waals surface area contributed by atoms with Gasteiger partial charge in [0.1, 0.15) is 15.6 Å². The Morgan fingerprint density at radius 3 is 2.61 bits per heavy atom. The van der Waals surface area contributed by atoms with Crippen LogP contribution in [0.2, 0.25) is 5.02 Å². The topological polar surface area (TPSA) is 94.6 Å². The maximum atomic E-state index is 12.6. The van der Waals surface area contributed by atoms with E-state index in [0.717, 1.165) is 25.7 Å². The molecule has 11 heteroatoms. The number of benzene rings is 1. The summed E-state index contributed by atoms with van der Waals surface area (Å²) in [7, 11) is -3.05. The Labute approximate surface area is 184 Å². The summed E-state index contributed by atoms with van der Waals surface area (Å²) in [5.74, 6) is -0.470. The quantitative estimate of drug-likeness (QED) is 0.625. The number of carbonyl (C=O) groups is 1. The lowest BCUT2D eigenvalue weighted by Gasteiger charge is -2.29. The second-order valence-electron chi connectivity index (χ2n) is 7.53. The minimum atomic E-state index is -3.05. The summed E-state index contributed by atoms with van der Waals surface area (Å²) in [5, 5.41) is 3.50. The van der Waals surface area contributed by atoms with E-state index in [1.165, 1.54) is 24.6 Å². The van der Waals surface area contributed by atoms with Gasteiger partial charge in [-0.15, -0.1) is 0 Å². The highest BCUT2D eigenvalue weighted by atomic mass is 35.5. The van der Waals surface area contributed by atoms with Crippen LogP contribution in [-0.2, 0) is 14.6 Å². The van der Waals surface area contributed by atoms with E-state index in [4.69, 9.17) is 16.3 Å². The lowest BCUT2D eigenvalue weighted by atomic mass is 9.92. The van der Waals surface area contributed by atoms with Gasteiger partial charge in [0.15, 0.2) is 0 Å². The second kappa shape index (κ2) is 10.1. The van der Waals surface area contributed by atoms with Gasteiger partial charge < -0.3 is 14.8 Å². The fraction of sp³-hybridized carbons (Fsp3) is 0.500. The molecule has 31 heavy (non-hydrogen) atoms. The molecule has 1 aliphatic carbocycles. The number of alkyl halides is 2. The monoisotopic (exact) mass is 476 g/mol. The van der Waals surface area contributed by atoms with E-state index < -0.39 is 16.4 Å². The number of nitrogens with one attached hydrogen (secondary N) is 1. The van der Waals surface area contributed by atoms with E-state index >= 15 is 0 Å². The maximum absolute atomic E-state index is 12.6. The van der Waals surface area contributed by atoms with E-state index in [-0.39, 0.29) is 41.2 Å². The van der Waals surface area contributed by atoms with Crippen molar-refractivity contribution in [3.8, 4) is 5.75 Å². The van der Waals surface area contributed by atoms with Crippen LogP contribution >= 0.6 is 11.6 Å². The van der Waals surface area contributed by atoms with Gasteiger partial charge >= 0.3 is 6.61 Å². The molecule has 170 valence electrons. The van der Waals surface area contributed by atoms with Crippen LogP contribution < -0.4 is 10.1 Å². The molecule has 7 nitrogen and oxygen atoms in total. The van der Waals surface area contributed by atoms with Crippen LogP contribution in [0.4, 0.5) is 8.78 Å². The second-order valence-corrected chi connectivity index (χ2v) is 10.2. The number of amides is 1. The first-order valence-corrected chi connectivity index (χ1v) is 12.2. The molecular weight excluding hydrogens is 454 g/mol. The summed E-state index contributed by atoms with van der Waals surface area (Å²) >= 11 is 5.98. The van der Waals surface area contributed by atoms with Crippen molar-refractivity contribution < 1.29 is 31.5 Å². The number of sulfone groups is 1. The number of aromatic nitrogens is 1. The fourth-order valence-electron chi connectivity index (χ4n) is 3.45. The largest absolute Gasteiger partial charge is 0.433 e. The minimum Gasteiger partial charge on any atom is -0.433 e. The molecule has 1 aliphatic rings. The maximum Gasteiger partial charge on any atom is 0.387 e. The SMILES string of the molecule is CS(=O)(=O)CCO[C@H]1CC[C@H](NC(=O)c2cnc3cc(OC(F)F)c(Cl)cc3c2)CC1. The molecule has 0 spiro atoms. The average molecular weight is 477 g/mol. The molecule has 0 bridgehead atoms. The van der Waals surface area contributed by atoms with Gasteiger partial charge in [-0.05, 0) is 37.8 Å². The van der Waals surface area contributed by atoms with Crippen molar-refractivity contribution in [3.63, 3.8) is 0 Å². The zero-order chi connectivity index (χ0) is 22.6. The van der Waals surface area contributed by atoms with Crippen LogP contribution in [0, 0.1) is 0 Å². The first-order valence-electron chi connectivity index (χ1n) is 9.75. The van der Waals surface area contributed by atoms with Gasteiger partial charge in [0.05, 0.1) is 34.6 Å². The van der Waals surface area contributed by atoms with Crippen molar-refractivity contribution in [1.29, 1.82) is 0 Å². The summed E-state index contributed by atoms with van der Waals surface area (Å²) in [4.78, 5) is 16.8. The summed E-state index contributed by atoms with van der Waals surface area (Å²) in [5.41, 5.74) is 0.709. The average Bonchev–Trinajstić information content (AvgIpc) is 2.68. The van der Waals surface area contributed by atoms with E-state index in [1.54, 1.807) is 6.07 Å². The number of nitrogens with zero attached hydrogens (tertiary/aromatic N) is 1. The van der Waals surface area contributed by atoms with Gasteiger partial charge in [0.2, 0.25) is 0 Å². The highest BCUT2D eigenvalue weighted by Crippen LogP contribution is 2.31. The Bertz CT molecular complexity index is 1040. The van der Waals surface area contributed by atoms with Gasteiger partial charge in [-0.1, -0.05) is 11.6 Å². The predicted octanol–water partition coefficient (Wildman–Crippen LogP) is 3.59. The molecule has 0 aliphatic heterocycles. The third-order valence-corrected chi connectivity index (χ3v) is 6.23. The van der Waals surface area contributed by atoms with Crippen molar-refractivity contribution in [2.45, 2.75) is 44.4 Å². The Kier molecular flexibility index (Phi) is 7.66. The number of ether oxygens (including phenoxy) is 2. The molecule has 1 saturated carbocycles. The third kappa shape index (κ3) is 6.98. The molecule has 1 fully saturated rings. The van der Waals surface area contributed by atoms with Gasteiger partial charge in [0.25, 0.3) is 5.91 Å². The van der Waals surface area contributed by atoms with E-state index in [0.29, 0.717) is 16.5 Å². The summed E-state index contributed by atoms with van der Waals surface area (Å²) in [6, 6.07) is 4.30. The number of hydrogen-bond donors (Lipinski definition) is 1. The molecule has 1 N–H and O–H groups in total. The van der Waals surface area contributed by atoms with Crippen molar-refractivity contribution in [2.24, 2.45) is 0 Å². The van der Waals surface area contributed by atoms with Crippen molar-refractivity contribution >= 4 is 38.2 Å². The molecule has 0 atom stereocenters. The van der Waals surface area contributed by atoms with Crippen molar-refractivity contribution in [1.82, 2.24) is 10.3 Å². The molecule has 2 aromatic rings. The Balaban J connectivity index is 1.56. The third-order valence-electron chi connectivity index (χ3n) is 5.03. The summed E-state index contributed by atoms with van der Waals surface area (Å²) in [6.45, 7) is -2.82. The van der Waals surface area contributed by atoms with E-state index in [2.05, 4.69) is 15.0 Å². The molecule has 1 aromatic carbocycles. The first-order chi connectivity index (χ1) is 14.6. The number of pyridine rings is 1. The molecular formula is C20H23ClF2N2O5S. The first kappa shape index (κ1) is 23.6. The summed E-state index contributed by atoms with van der Waals surface area (Å²) < 4.78 is 57.2. The Morgan fingerprint density at radius 2 is 1.97 bits per heavy atom. The standard InChI is InChI=1S/C20H23ClF2N2O5S/c1-31(27,28)7-6-29-15-4-2-14(3-5-15)25-19(26)13-8-12-9-16(21)18(30-20(22)23)10-17(12)24-11-13/h8-11,14-15,20H,2-7H2,1H3,(H,25,26)/t14-,15-. The van der Waals surface area contributed by atoms with Crippen LogP contribution in [0.3, 0.4) is 0 Å². The van der Waals surface area contributed by atoms with Crippen LogP contribution in [0.1, 0.15) is 36.0 Å². The van der Waals surface area contributed by atoms with Crippen LogP contribution in [0.15, 0.2) is 24.4 Å². The highest BCUT2D eigenvalue weighted by Gasteiger charge is 2.24. The van der Waals surface area contributed by atoms with E-state index in [1.807, 2.05) is 0 Å². The lowest BCUT2D eigenvalue weighted by molar-refractivity contribution is -0.0497. The Hall–Kier alpha value is -2.04. The highest BCUT2D eigenvalue weighted by molar-refractivity contribution is 7.90. The minimum absolute atomic E-state index is 0.00125. The fourth-order valence-corrected chi connectivity index (χ4v) is 4.06. The normalized spacial score (nSPS) is 19.5. The molecule has 1 aromatic heterocycles. The lowest BCUT2D eigenvalue weighted by Crippen LogP contribution is -2.39. The molecule has 1 amide bonds. The van der Waals surface area contributed by atoms with Gasteiger partial charge in [-0.3, -0.25) is 9.78 Å². The molecule has 1 heterocycles. The van der Waals surface area contributed by atoms with Gasteiger partial charge in [0, 0.05) is 29.9 Å². The predicted molar refractivity (Wildman–Crippen MR) is 113 cm³/mol. The van der Waals surface area contributed by atoms with Crippen molar-refractivity contribution in [3.05, 3.63) is 35.0 Å². The van der Waals surface area contributed by atoms with Gasteiger partial charge in [-0.2, -0.15) is 8.78 Å². The number of halogens is 3. The zero-order valence-electron chi connectivity index (χ0n) is 16.8. The molecule has 0 radical (unpaired) electrons. The number of carbonyl (C=O) groups excluding carboxylic acids is 1. The summed E-state index contributed by atoms with van der Waals surface area (Å²) in [6.07, 6.45) is 5.43. The number of hydrogen-bond acceptors (Lipinski definition) is 6. The zero-order valence-corrected chi connectivity index (χ0v) is 18.4. The van der Waals surface area contributed by atoms with E-state index in [9.17, 15) is 22.0 Å². The molecule has 0 unspecified atom stereocenters.